The van der Waals surface area contributed by atoms with E-state index in [2.05, 4.69) is 43.5 Å². The molecular weight excluding hydrogens is 405 g/mol. The Morgan fingerprint density at radius 3 is 2.89 bits per heavy atom. The molecule has 1 unspecified atom stereocenters. The molecule has 2 aromatic rings. The highest BCUT2D eigenvalue weighted by molar-refractivity contribution is 14.1. The molecule has 0 aliphatic carbocycles. The molecule has 0 saturated carbocycles. The predicted octanol–water partition coefficient (Wildman–Crippen LogP) is 4.03. The molecule has 1 N–H and O–H groups in total. The molecule has 1 heterocycles. The number of aliphatic hydroxyl groups is 1. The normalized spacial score (nSPS) is 12.4. The van der Waals surface area contributed by atoms with E-state index >= 15 is 0 Å². The number of aromatic nitrogens is 1. The summed E-state index contributed by atoms with van der Waals surface area (Å²) >= 11 is 5.68. The number of halogens is 2. The van der Waals surface area contributed by atoms with E-state index in [1.54, 1.807) is 6.20 Å². The van der Waals surface area contributed by atoms with Crippen molar-refractivity contribution in [3.8, 4) is 0 Å². The van der Waals surface area contributed by atoms with E-state index in [0.29, 0.717) is 6.42 Å². The van der Waals surface area contributed by atoms with Crippen molar-refractivity contribution in [1.82, 2.24) is 4.98 Å². The van der Waals surface area contributed by atoms with Crippen LogP contribution in [0.4, 0.5) is 0 Å². The van der Waals surface area contributed by atoms with Crippen molar-refractivity contribution in [3.05, 3.63) is 61.4 Å². The van der Waals surface area contributed by atoms with Crippen molar-refractivity contribution in [3.63, 3.8) is 0 Å². The van der Waals surface area contributed by atoms with Gasteiger partial charge in [0, 0.05) is 26.4 Å². The molecule has 0 amide bonds. The van der Waals surface area contributed by atoms with Gasteiger partial charge in [0.15, 0.2) is 0 Å². The fourth-order valence-corrected chi connectivity index (χ4v) is 2.87. The van der Waals surface area contributed by atoms with Gasteiger partial charge >= 0.3 is 0 Å². The molecule has 0 radical (unpaired) electrons. The van der Waals surface area contributed by atoms with Crippen LogP contribution < -0.4 is 0 Å². The third kappa shape index (κ3) is 3.30. The Morgan fingerprint density at radius 2 is 2.17 bits per heavy atom. The van der Waals surface area contributed by atoms with Crippen molar-refractivity contribution >= 4 is 38.5 Å². The number of aryl methyl sites for hydroxylation is 1. The summed E-state index contributed by atoms with van der Waals surface area (Å²) in [6.07, 6.45) is 1.78. The minimum atomic E-state index is -0.525. The predicted molar refractivity (Wildman–Crippen MR) is 84.5 cm³/mol. The molecule has 18 heavy (non-hydrogen) atoms. The standard InChI is InChI=1S/C14H13BrINO/c1-9-3-2-6-17-13(9)8-14(18)11-7-10(15)4-5-12(11)16/h2-7,14,18H,8H2,1H3. The second kappa shape index (κ2) is 6.12. The van der Waals surface area contributed by atoms with Gasteiger partial charge in [-0.2, -0.15) is 0 Å². The number of hydrogen-bond acceptors (Lipinski definition) is 2. The Bertz CT molecular complexity index is 559. The van der Waals surface area contributed by atoms with Crippen molar-refractivity contribution in [1.29, 1.82) is 0 Å². The number of rotatable bonds is 3. The lowest BCUT2D eigenvalue weighted by molar-refractivity contribution is 0.176. The largest absolute Gasteiger partial charge is 0.388 e. The molecule has 4 heteroatoms. The highest BCUT2D eigenvalue weighted by atomic mass is 127. The first-order chi connectivity index (χ1) is 8.58. The van der Waals surface area contributed by atoms with Crippen LogP contribution in [0.1, 0.15) is 22.9 Å². The lowest BCUT2D eigenvalue weighted by atomic mass is 10.0. The minimum absolute atomic E-state index is 0.525. The van der Waals surface area contributed by atoms with E-state index in [4.69, 9.17) is 0 Å². The fourth-order valence-electron chi connectivity index (χ4n) is 1.80. The first-order valence-corrected chi connectivity index (χ1v) is 7.48. The molecule has 2 nitrogen and oxygen atoms in total. The highest BCUT2D eigenvalue weighted by Gasteiger charge is 2.14. The van der Waals surface area contributed by atoms with Crippen LogP contribution in [0.3, 0.4) is 0 Å². The number of pyridine rings is 1. The number of benzene rings is 1. The summed E-state index contributed by atoms with van der Waals surface area (Å²) in [6, 6.07) is 9.86. The van der Waals surface area contributed by atoms with Gasteiger partial charge in [0.1, 0.15) is 0 Å². The van der Waals surface area contributed by atoms with Gasteiger partial charge in [0.05, 0.1) is 6.10 Å². The van der Waals surface area contributed by atoms with Gasteiger partial charge in [0.25, 0.3) is 0 Å². The number of hydrogen-bond donors (Lipinski definition) is 1. The molecule has 0 saturated heterocycles. The summed E-state index contributed by atoms with van der Waals surface area (Å²) in [5.74, 6) is 0. The molecule has 1 aromatic carbocycles. The van der Waals surface area contributed by atoms with Crippen molar-refractivity contribution in [2.75, 3.05) is 0 Å². The van der Waals surface area contributed by atoms with Gasteiger partial charge < -0.3 is 5.11 Å². The van der Waals surface area contributed by atoms with Gasteiger partial charge in [0.2, 0.25) is 0 Å². The lowest BCUT2D eigenvalue weighted by Crippen LogP contribution is -2.06. The van der Waals surface area contributed by atoms with E-state index in [1.807, 2.05) is 37.3 Å². The summed E-state index contributed by atoms with van der Waals surface area (Å²) in [5.41, 5.74) is 3.00. The van der Waals surface area contributed by atoms with Crippen molar-refractivity contribution < 1.29 is 5.11 Å². The molecule has 2 rings (SSSR count). The first kappa shape index (κ1) is 14.0. The number of aliphatic hydroxyl groups excluding tert-OH is 1. The van der Waals surface area contributed by atoms with Gasteiger partial charge in [-0.25, -0.2) is 0 Å². The quantitative estimate of drug-likeness (QED) is 0.764. The van der Waals surface area contributed by atoms with Crippen molar-refractivity contribution in [2.45, 2.75) is 19.4 Å². The Labute approximate surface area is 129 Å². The zero-order chi connectivity index (χ0) is 13.1. The maximum Gasteiger partial charge on any atom is 0.0856 e. The summed E-state index contributed by atoms with van der Waals surface area (Å²) in [4.78, 5) is 4.32. The average Bonchev–Trinajstić information content (AvgIpc) is 2.35. The molecule has 1 atom stereocenters. The molecule has 94 valence electrons. The topological polar surface area (TPSA) is 33.1 Å². The van der Waals surface area contributed by atoms with Gasteiger partial charge in [-0.1, -0.05) is 22.0 Å². The van der Waals surface area contributed by atoms with Crippen LogP contribution in [0.2, 0.25) is 0 Å². The average molecular weight is 418 g/mol. The molecule has 0 fully saturated rings. The maximum absolute atomic E-state index is 10.3. The third-order valence-electron chi connectivity index (χ3n) is 2.82. The van der Waals surface area contributed by atoms with E-state index in [1.165, 1.54) is 0 Å². The summed E-state index contributed by atoms with van der Waals surface area (Å²) in [7, 11) is 0. The van der Waals surface area contributed by atoms with Crippen LogP contribution in [-0.4, -0.2) is 10.1 Å². The smallest absolute Gasteiger partial charge is 0.0856 e. The molecule has 0 spiro atoms. The SMILES string of the molecule is Cc1cccnc1CC(O)c1cc(Br)ccc1I. The second-order valence-electron chi connectivity index (χ2n) is 4.15. The molecule has 0 bridgehead atoms. The summed E-state index contributed by atoms with van der Waals surface area (Å²) < 4.78 is 2.05. The van der Waals surface area contributed by atoms with Crippen molar-refractivity contribution in [2.24, 2.45) is 0 Å². The zero-order valence-corrected chi connectivity index (χ0v) is 13.6. The van der Waals surface area contributed by atoms with E-state index in [0.717, 1.165) is 24.9 Å². The van der Waals surface area contributed by atoms with Crippen LogP contribution in [0.25, 0.3) is 0 Å². The highest BCUT2D eigenvalue weighted by Crippen LogP contribution is 2.26. The third-order valence-corrected chi connectivity index (χ3v) is 4.30. The van der Waals surface area contributed by atoms with E-state index < -0.39 is 6.10 Å². The molecule has 1 aromatic heterocycles. The Morgan fingerprint density at radius 1 is 1.39 bits per heavy atom. The van der Waals surface area contributed by atoms with E-state index in [-0.39, 0.29) is 0 Å². The molecule has 0 aliphatic heterocycles. The Hall–Kier alpha value is -0.460. The molecule has 0 aliphatic rings. The zero-order valence-electron chi connectivity index (χ0n) is 9.90. The van der Waals surface area contributed by atoms with Gasteiger partial charge in [-0.15, -0.1) is 0 Å². The first-order valence-electron chi connectivity index (χ1n) is 5.61. The van der Waals surface area contributed by atoms with Crippen LogP contribution in [0.15, 0.2) is 41.0 Å². The van der Waals surface area contributed by atoms with E-state index in [9.17, 15) is 5.11 Å². The number of nitrogens with zero attached hydrogens (tertiary/aromatic N) is 1. The van der Waals surface area contributed by atoms with Crippen LogP contribution in [-0.2, 0) is 6.42 Å². The Balaban J connectivity index is 2.25. The van der Waals surface area contributed by atoms with Crippen LogP contribution >= 0.6 is 38.5 Å². The van der Waals surface area contributed by atoms with Crippen LogP contribution in [0, 0.1) is 10.5 Å². The minimum Gasteiger partial charge on any atom is -0.388 e. The fraction of sp³-hybridized carbons (Fsp3) is 0.214. The van der Waals surface area contributed by atoms with Crippen LogP contribution in [0.5, 0.6) is 0 Å². The van der Waals surface area contributed by atoms with Gasteiger partial charge in [-0.05, 0) is 64.9 Å². The summed E-state index contributed by atoms with van der Waals surface area (Å²) in [5, 5.41) is 10.3. The molecular formula is C14H13BrINO. The second-order valence-corrected chi connectivity index (χ2v) is 6.23. The lowest BCUT2D eigenvalue weighted by Gasteiger charge is -2.14. The van der Waals surface area contributed by atoms with Gasteiger partial charge in [-0.3, -0.25) is 4.98 Å². The maximum atomic E-state index is 10.3. The monoisotopic (exact) mass is 417 g/mol. The Kier molecular flexibility index (Phi) is 4.75. The summed E-state index contributed by atoms with van der Waals surface area (Å²) in [6.45, 7) is 2.01.